The van der Waals surface area contributed by atoms with Crippen molar-refractivity contribution in [1.82, 2.24) is 4.90 Å². The van der Waals surface area contributed by atoms with Crippen molar-refractivity contribution in [3.05, 3.63) is 101 Å². The molecule has 0 aliphatic rings. The first kappa shape index (κ1) is 19.4. The van der Waals surface area contributed by atoms with Crippen LogP contribution in [0.3, 0.4) is 0 Å². The minimum atomic E-state index is -0.174. The highest BCUT2D eigenvalue weighted by Gasteiger charge is 2.13. The van der Waals surface area contributed by atoms with E-state index in [1.807, 2.05) is 18.2 Å². The Bertz CT molecular complexity index is 933. The van der Waals surface area contributed by atoms with E-state index in [0.717, 1.165) is 12.0 Å². The average Bonchev–Trinajstić information content (AvgIpc) is 2.75. The third-order valence-corrected chi connectivity index (χ3v) is 4.62. The third-order valence-electron chi connectivity index (χ3n) is 4.62. The number of nitrogens with one attached hydrogen (secondary N) is 1. The third kappa shape index (κ3) is 4.86. The van der Waals surface area contributed by atoms with Crippen LogP contribution in [0.15, 0.2) is 78.9 Å². The summed E-state index contributed by atoms with van der Waals surface area (Å²) in [7, 11) is 1.79. The molecule has 142 valence electrons. The average molecular weight is 372 g/mol. The van der Waals surface area contributed by atoms with Crippen molar-refractivity contribution in [3.63, 3.8) is 0 Å². The van der Waals surface area contributed by atoms with Gasteiger partial charge in [0.2, 0.25) is 0 Å². The molecule has 3 aromatic rings. The molecule has 4 nitrogen and oxygen atoms in total. The molecule has 0 unspecified atom stereocenters. The SMILES string of the molecule is CCc1ccc(CN(C)C(=O)c2ccc(NC(=O)c3ccccc3)cc2)cc1. The monoisotopic (exact) mass is 372 g/mol. The molecule has 0 fully saturated rings. The molecule has 3 rings (SSSR count). The van der Waals surface area contributed by atoms with Crippen LogP contribution in [-0.2, 0) is 13.0 Å². The Kier molecular flexibility index (Phi) is 6.22. The zero-order valence-corrected chi connectivity index (χ0v) is 16.2. The molecule has 28 heavy (non-hydrogen) atoms. The first-order chi connectivity index (χ1) is 13.6. The summed E-state index contributed by atoms with van der Waals surface area (Å²) in [5, 5.41) is 2.84. The van der Waals surface area contributed by atoms with Gasteiger partial charge in [-0.15, -0.1) is 0 Å². The van der Waals surface area contributed by atoms with Gasteiger partial charge in [0.05, 0.1) is 0 Å². The van der Waals surface area contributed by atoms with Gasteiger partial charge < -0.3 is 10.2 Å². The maximum Gasteiger partial charge on any atom is 0.255 e. The van der Waals surface area contributed by atoms with Crippen LogP contribution in [0.4, 0.5) is 5.69 Å². The quantitative estimate of drug-likeness (QED) is 0.677. The first-order valence-corrected chi connectivity index (χ1v) is 9.36. The number of carbonyl (C=O) groups is 2. The Balaban J connectivity index is 1.61. The molecule has 1 N–H and O–H groups in total. The fraction of sp³-hybridized carbons (Fsp3) is 0.167. The number of carbonyl (C=O) groups excluding carboxylic acids is 2. The summed E-state index contributed by atoms with van der Waals surface area (Å²) >= 11 is 0. The molecule has 0 saturated carbocycles. The number of anilines is 1. The van der Waals surface area contributed by atoms with E-state index in [1.165, 1.54) is 5.56 Å². The van der Waals surface area contributed by atoms with Crippen LogP contribution in [0.1, 0.15) is 38.8 Å². The number of aryl methyl sites for hydroxylation is 1. The second-order valence-corrected chi connectivity index (χ2v) is 6.73. The summed E-state index contributed by atoms with van der Waals surface area (Å²) in [5.41, 5.74) is 4.22. The maximum absolute atomic E-state index is 12.7. The van der Waals surface area contributed by atoms with Gasteiger partial charge in [-0.25, -0.2) is 0 Å². The van der Waals surface area contributed by atoms with Crippen molar-refractivity contribution >= 4 is 17.5 Å². The molecule has 3 aromatic carbocycles. The van der Waals surface area contributed by atoms with E-state index in [4.69, 9.17) is 0 Å². The number of hydrogen-bond acceptors (Lipinski definition) is 2. The predicted molar refractivity (Wildman–Crippen MR) is 112 cm³/mol. The van der Waals surface area contributed by atoms with Crippen molar-refractivity contribution in [3.8, 4) is 0 Å². The van der Waals surface area contributed by atoms with E-state index in [-0.39, 0.29) is 11.8 Å². The van der Waals surface area contributed by atoms with Crippen LogP contribution in [0, 0.1) is 0 Å². The molecule has 4 heteroatoms. The number of benzene rings is 3. The molecule has 0 saturated heterocycles. The molecule has 0 aliphatic heterocycles. The lowest BCUT2D eigenvalue weighted by Crippen LogP contribution is -2.26. The van der Waals surface area contributed by atoms with Gasteiger partial charge in [-0.3, -0.25) is 9.59 Å². The van der Waals surface area contributed by atoms with Crippen LogP contribution in [0.2, 0.25) is 0 Å². The summed E-state index contributed by atoms with van der Waals surface area (Å²) in [6.45, 7) is 2.67. The molecular formula is C24H24N2O2. The second kappa shape index (κ2) is 9.00. The minimum absolute atomic E-state index is 0.0551. The summed E-state index contributed by atoms with van der Waals surface area (Å²) in [6, 6.07) is 24.3. The Morgan fingerprint density at radius 1 is 0.786 bits per heavy atom. The van der Waals surface area contributed by atoms with E-state index in [9.17, 15) is 9.59 Å². The molecule has 0 bridgehead atoms. The highest BCUT2D eigenvalue weighted by Crippen LogP contribution is 2.14. The predicted octanol–water partition coefficient (Wildman–Crippen LogP) is 4.77. The molecule has 2 amide bonds. The van der Waals surface area contributed by atoms with E-state index in [0.29, 0.717) is 23.4 Å². The summed E-state index contributed by atoms with van der Waals surface area (Å²) in [4.78, 5) is 26.6. The van der Waals surface area contributed by atoms with Crippen LogP contribution in [-0.4, -0.2) is 23.8 Å². The van der Waals surface area contributed by atoms with Crippen molar-refractivity contribution in [2.45, 2.75) is 19.9 Å². The van der Waals surface area contributed by atoms with Gasteiger partial charge in [-0.05, 0) is 53.9 Å². The smallest absolute Gasteiger partial charge is 0.255 e. The molecule has 0 aliphatic carbocycles. The largest absolute Gasteiger partial charge is 0.337 e. The van der Waals surface area contributed by atoms with E-state index < -0.39 is 0 Å². The van der Waals surface area contributed by atoms with Gasteiger partial charge in [-0.2, -0.15) is 0 Å². The molecule has 0 atom stereocenters. The van der Waals surface area contributed by atoms with E-state index in [2.05, 4.69) is 36.5 Å². The fourth-order valence-electron chi connectivity index (χ4n) is 2.94. The zero-order valence-electron chi connectivity index (χ0n) is 16.2. The lowest BCUT2D eigenvalue weighted by molar-refractivity contribution is 0.0785. The second-order valence-electron chi connectivity index (χ2n) is 6.73. The van der Waals surface area contributed by atoms with Gasteiger partial charge in [0.15, 0.2) is 0 Å². The Hall–Kier alpha value is -3.40. The number of hydrogen-bond donors (Lipinski definition) is 1. The zero-order chi connectivity index (χ0) is 19.9. The Morgan fingerprint density at radius 3 is 2.00 bits per heavy atom. The number of nitrogens with zero attached hydrogens (tertiary/aromatic N) is 1. The number of rotatable bonds is 6. The first-order valence-electron chi connectivity index (χ1n) is 9.36. The summed E-state index contributed by atoms with van der Waals surface area (Å²) < 4.78 is 0. The van der Waals surface area contributed by atoms with Crippen molar-refractivity contribution in [2.75, 3.05) is 12.4 Å². The molecular weight excluding hydrogens is 348 g/mol. The summed E-state index contributed by atoms with van der Waals surface area (Å²) in [6.07, 6.45) is 1.00. The molecule has 0 aromatic heterocycles. The Labute approximate surface area is 165 Å². The van der Waals surface area contributed by atoms with Gasteiger partial charge in [0.25, 0.3) is 11.8 Å². The lowest BCUT2D eigenvalue weighted by Gasteiger charge is -2.18. The maximum atomic E-state index is 12.7. The minimum Gasteiger partial charge on any atom is -0.337 e. The number of amides is 2. The topological polar surface area (TPSA) is 49.4 Å². The molecule has 0 heterocycles. The van der Waals surface area contributed by atoms with Gasteiger partial charge in [0, 0.05) is 30.4 Å². The van der Waals surface area contributed by atoms with Crippen LogP contribution in [0.25, 0.3) is 0 Å². The van der Waals surface area contributed by atoms with Gasteiger partial charge in [0.1, 0.15) is 0 Å². The molecule has 0 spiro atoms. The van der Waals surface area contributed by atoms with Crippen LogP contribution < -0.4 is 5.32 Å². The lowest BCUT2D eigenvalue weighted by atomic mass is 10.1. The standard InChI is InChI=1S/C24H24N2O2/c1-3-18-9-11-19(12-10-18)17-26(2)24(28)21-13-15-22(16-14-21)25-23(27)20-7-5-4-6-8-20/h4-16H,3,17H2,1-2H3,(H,25,27). The van der Waals surface area contributed by atoms with Crippen molar-refractivity contribution in [1.29, 1.82) is 0 Å². The van der Waals surface area contributed by atoms with Crippen molar-refractivity contribution < 1.29 is 9.59 Å². The highest BCUT2D eigenvalue weighted by molar-refractivity contribution is 6.04. The summed E-state index contributed by atoms with van der Waals surface area (Å²) in [5.74, 6) is -0.229. The highest BCUT2D eigenvalue weighted by atomic mass is 16.2. The van der Waals surface area contributed by atoms with E-state index >= 15 is 0 Å². The van der Waals surface area contributed by atoms with E-state index in [1.54, 1.807) is 48.3 Å². The van der Waals surface area contributed by atoms with Crippen molar-refractivity contribution in [2.24, 2.45) is 0 Å². The fourth-order valence-corrected chi connectivity index (χ4v) is 2.94. The Morgan fingerprint density at radius 2 is 1.39 bits per heavy atom. The van der Waals surface area contributed by atoms with Gasteiger partial charge in [-0.1, -0.05) is 49.4 Å². The van der Waals surface area contributed by atoms with Crippen LogP contribution in [0.5, 0.6) is 0 Å². The normalized spacial score (nSPS) is 10.4. The van der Waals surface area contributed by atoms with Gasteiger partial charge >= 0.3 is 0 Å². The molecule has 0 radical (unpaired) electrons. The van der Waals surface area contributed by atoms with Crippen LogP contribution >= 0.6 is 0 Å².